The second-order valence-electron chi connectivity index (χ2n) is 23.6. The van der Waals surface area contributed by atoms with Crippen molar-refractivity contribution in [1.29, 1.82) is 0 Å². The molecule has 4 N–H and O–H groups in total. The first kappa shape index (κ1) is 71.5. The number of carbonyl (C=O) groups is 10. The number of amides is 9. The summed E-state index contributed by atoms with van der Waals surface area (Å²) in [4.78, 5) is 139. The monoisotopic (exact) mass is 1320 g/mol. The second-order valence-corrected chi connectivity index (χ2v) is 25.0. The first-order chi connectivity index (χ1) is 43.7. The van der Waals surface area contributed by atoms with E-state index in [0.29, 0.717) is 29.8 Å². The molecule has 5 aliphatic rings. The molecule has 0 aromatic heterocycles. The number of fused-ring (bicyclic) bond motifs is 5. The summed E-state index contributed by atoms with van der Waals surface area (Å²) in [5, 5.41) is 19.6. The fourth-order valence-electron chi connectivity index (χ4n) is 11.0. The topological polar surface area (TPSA) is 311 Å². The highest BCUT2D eigenvalue weighted by Gasteiger charge is 2.64. The number of ether oxygens (including phenoxy) is 7. The summed E-state index contributed by atoms with van der Waals surface area (Å²) in [7, 11) is 8.78. The highest BCUT2D eigenvalue weighted by molar-refractivity contribution is 8.13. The molecule has 1 unspecified atom stereocenters. The van der Waals surface area contributed by atoms with Crippen molar-refractivity contribution >= 4 is 88.1 Å². The number of esters is 1. The number of benzene rings is 2. The van der Waals surface area contributed by atoms with E-state index in [1.807, 2.05) is 25.2 Å². The van der Waals surface area contributed by atoms with Crippen molar-refractivity contribution in [3.63, 3.8) is 0 Å². The molecule has 28 heteroatoms. The van der Waals surface area contributed by atoms with Crippen LogP contribution in [0.1, 0.15) is 101 Å². The highest BCUT2D eigenvalue weighted by Crippen LogP contribution is 2.49. The molecule has 2 fully saturated rings. The van der Waals surface area contributed by atoms with Crippen molar-refractivity contribution in [3.8, 4) is 11.5 Å². The van der Waals surface area contributed by atoms with Gasteiger partial charge in [-0.05, 0) is 81.8 Å². The molecule has 2 saturated heterocycles. The van der Waals surface area contributed by atoms with Crippen LogP contribution in [0.5, 0.6) is 11.5 Å². The van der Waals surface area contributed by atoms with Crippen LogP contribution in [0.2, 0.25) is 5.02 Å². The summed E-state index contributed by atoms with van der Waals surface area (Å²) < 4.78 is 40.6. The standard InChI is InChI=1S/C64H83ClN8O18S/c1-38-17-16-20-49(86-10)64(84)36-48(89-60(81)68-64)39(2)56-63(4,91-56)50(35-54(77)72(8)45-33-42(31-38)34-47(85-9)55(45)65)90-58(79)40(3)71(7)51(74)25-30-92-62(83)70(6)29-28-69(5)61(82)87-37-41-21-22-46(88-59(80)67-43-18-14-12-11-13-15-19-43)44(32-41)57(78)66-26-27-73-52(75)23-24-53(73)76/h14,16-18,20-24,32-34,39-40,43,48-50,56,84H,11-13,15,19,25-31,35-37H2,1-10H3,(H,66,78)(H,67,80)(H,68,81)/t39-,40+,43?,48+,49-,50+,56+,63+,64+/m1/s1. The van der Waals surface area contributed by atoms with Gasteiger partial charge in [-0.15, -0.1) is 0 Å². The number of nitrogens with one attached hydrogen (secondary N) is 3. The van der Waals surface area contributed by atoms with E-state index < -0.39 is 113 Å². The van der Waals surface area contributed by atoms with Gasteiger partial charge in [0.05, 0.1) is 36.9 Å². The number of epoxide rings is 1. The van der Waals surface area contributed by atoms with Gasteiger partial charge in [0.2, 0.25) is 11.8 Å². The van der Waals surface area contributed by atoms with Gasteiger partial charge in [-0.3, -0.25) is 39.0 Å². The van der Waals surface area contributed by atoms with Gasteiger partial charge in [-0.2, -0.15) is 0 Å². The molecule has 92 heavy (non-hydrogen) atoms. The Morgan fingerprint density at radius 1 is 0.967 bits per heavy atom. The molecular formula is C64H83ClN8O18S. The first-order valence-corrected chi connectivity index (χ1v) is 31.7. The minimum absolute atomic E-state index is 0.0186. The number of alkyl carbamates (subject to hydrolysis) is 1. The Labute approximate surface area is 544 Å². The molecule has 0 saturated carbocycles. The van der Waals surface area contributed by atoms with Crippen molar-refractivity contribution in [1.82, 2.24) is 35.6 Å². The average molecular weight is 1320 g/mol. The third-order valence-electron chi connectivity index (χ3n) is 16.9. The Hall–Kier alpha value is -7.98. The van der Waals surface area contributed by atoms with Crippen LogP contribution >= 0.6 is 23.4 Å². The van der Waals surface area contributed by atoms with Crippen LogP contribution in [-0.2, 0) is 60.7 Å². The lowest BCUT2D eigenvalue weighted by Gasteiger charge is -2.42. The van der Waals surface area contributed by atoms with Gasteiger partial charge in [-0.1, -0.05) is 85.1 Å². The number of rotatable bonds is 19. The zero-order valence-corrected chi connectivity index (χ0v) is 55.1. The summed E-state index contributed by atoms with van der Waals surface area (Å²) in [6, 6.07) is 6.34. The maximum atomic E-state index is 14.4. The minimum Gasteiger partial charge on any atom is -0.495 e. The Bertz CT molecular complexity index is 3230. The summed E-state index contributed by atoms with van der Waals surface area (Å²) in [6.45, 7) is 6.35. The summed E-state index contributed by atoms with van der Waals surface area (Å²) in [6.07, 6.45) is 9.19. The predicted octanol–water partition coefficient (Wildman–Crippen LogP) is 6.59. The Morgan fingerprint density at radius 2 is 1.70 bits per heavy atom. The van der Waals surface area contributed by atoms with E-state index in [9.17, 15) is 53.1 Å². The molecule has 9 atom stereocenters. The molecule has 4 aliphatic heterocycles. The SMILES string of the molecule is COc1cc2cc(c1Cl)N(C)C(=O)C[C@H](OC(=O)[C@H](C)N(C)C(=O)CCSC(=O)N(C)CCN(C)C(=O)OCc1ccc(OC(=O)NC3C=CCCCCC3)c(C(=O)NCCN3C(=O)C=CC3=O)c1)[C@]1(C)O[C@H]1[C@H](C)[C@@H]1C[C@@](O)(NC(=O)O1)[C@H](OC)C=CC=C(C)C2. The van der Waals surface area contributed by atoms with E-state index >= 15 is 0 Å². The molecule has 2 aromatic rings. The molecule has 2 aromatic carbocycles. The van der Waals surface area contributed by atoms with Crippen LogP contribution in [0.3, 0.4) is 0 Å². The molecular weight excluding hydrogens is 1240 g/mol. The van der Waals surface area contributed by atoms with E-state index in [1.54, 1.807) is 38.1 Å². The maximum absolute atomic E-state index is 14.4. The van der Waals surface area contributed by atoms with E-state index in [1.165, 1.54) is 87.1 Å². The van der Waals surface area contributed by atoms with Crippen molar-refractivity contribution in [3.05, 3.63) is 100 Å². The number of carbonyl (C=O) groups excluding carboxylic acids is 10. The Morgan fingerprint density at radius 3 is 2.41 bits per heavy atom. The predicted molar refractivity (Wildman–Crippen MR) is 339 cm³/mol. The molecule has 9 amide bonds. The normalized spacial score (nSPS) is 24.3. The molecule has 500 valence electrons. The zero-order chi connectivity index (χ0) is 67.2. The van der Waals surface area contributed by atoms with Crippen LogP contribution in [0.15, 0.2) is 78.4 Å². The number of halogens is 1. The summed E-state index contributed by atoms with van der Waals surface area (Å²) in [5.41, 5.74) is -1.02. The van der Waals surface area contributed by atoms with Crippen LogP contribution in [0, 0.1) is 5.92 Å². The fraction of sp³-hybridized carbons (Fsp3) is 0.531. The van der Waals surface area contributed by atoms with E-state index in [-0.39, 0.29) is 73.8 Å². The third-order valence-corrected chi connectivity index (χ3v) is 18.2. The number of nitrogens with zero attached hydrogens (tertiary/aromatic N) is 5. The van der Waals surface area contributed by atoms with E-state index in [0.717, 1.165) is 65.6 Å². The number of aliphatic hydroxyl groups is 1. The van der Waals surface area contributed by atoms with E-state index in [4.69, 9.17) is 44.8 Å². The number of hydrogen-bond donors (Lipinski definition) is 4. The van der Waals surface area contributed by atoms with Gasteiger partial charge in [0.15, 0.2) is 5.72 Å². The lowest BCUT2D eigenvalue weighted by molar-refractivity contribution is -0.162. The first-order valence-electron chi connectivity index (χ1n) is 30.4. The summed E-state index contributed by atoms with van der Waals surface area (Å²) in [5.74, 6) is -3.99. The number of hydrogen-bond acceptors (Lipinski definition) is 19. The quantitative estimate of drug-likeness (QED) is 0.0379. The van der Waals surface area contributed by atoms with Crippen molar-refractivity contribution in [2.75, 3.05) is 79.2 Å². The van der Waals surface area contributed by atoms with Crippen molar-refractivity contribution in [2.24, 2.45) is 5.92 Å². The number of allylic oxidation sites excluding steroid dienone is 4. The summed E-state index contributed by atoms with van der Waals surface area (Å²) >= 11 is 7.68. The molecule has 26 nitrogen and oxygen atoms in total. The zero-order valence-electron chi connectivity index (χ0n) is 53.5. The Balaban J connectivity index is 0.927. The minimum atomic E-state index is -1.91. The second kappa shape index (κ2) is 32.0. The fourth-order valence-corrected chi connectivity index (χ4v) is 12.1. The molecule has 1 aliphatic carbocycles. The largest absolute Gasteiger partial charge is 0.495 e. The number of methoxy groups -OCH3 is 2. The van der Waals surface area contributed by atoms with Crippen LogP contribution < -0.4 is 30.3 Å². The molecule has 4 bridgehead atoms. The van der Waals surface area contributed by atoms with Gasteiger partial charge in [0, 0.05) is 98.1 Å². The van der Waals surface area contributed by atoms with Gasteiger partial charge >= 0.3 is 24.2 Å². The van der Waals surface area contributed by atoms with Gasteiger partial charge in [-0.25, -0.2) is 19.2 Å². The third kappa shape index (κ3) is 18.4. The van der Waals surface area contributed by atoms with Gasteiger partial charge in [0.25, 0.3) is 23.0 Å². The van der Waals surface area contributed by atoms with Gasteiger partial charge in [0.1, 0.15) is 53.1 Å². The molecule has 0 radical (unpaired) electrons. The smallest absolute Gasteiger partial charge is 0.413 e. The van der Waals surface area contributed by atoms with Gasteiger partial charge < -0.3 is 68.5 Å². The molecule has 7 rings (SSSR count). The lowest BCUT2D eigenvalue weighted by atomic mass is 9.83. The molecule has 0 spiro atoms. The molecule has 4 heterocycles. The number of likely N-dealkylation sites (N-methyl/N-ethyl adjacent to an activating group) is 3. The van der Waals surface area contributed by atoms with Crippen LogP contribution in [0.25, 0.3) is 0 Å². The van der Waals surface area contributed by atoms with E-state index in [2.05, 4.69) is 16.0 Å². The van der Waals surface area contributed by atoms with Crippen LogP contribution in [0.4, 0.5) is 24.9 Å². The number of thioether (sulfide) groups is 1. The van der Waals surface area contributed by atoms with Crippen molar-refractivity contribution < 1.29 is 86.2 Å². The number of imide groups is 1. The number of anilines is 1. The van der Waals surface area contributed by atoms with Crippen LogP contribution in [-0.4, -0.2) is 206 Å². The highest BCUT2D eigenvalue weighted by atomic mass is 35.5. The Kier molecular flexibility index (Phi) is 24.9. The van der Waals surface area contributed by atoms with Crippen molar-refractivity contribution in [2.45, 2.75) is 140 Å². The average Bonchev–Trinajstić information content (AvgIpc) is 1.56. The maximum Gasteiger partial charge on any atom is 0.413 e. The lowest BCUT2D eigenvalue weighted by Crippen LogP contribution is -2.63.